The highest BCUT2D eigenvalue weighted by Gasteiger charge is 2.18. The number of halogens is 1. The topological polar surface area (TPSA) is 64.6 Å². The average Bonchev–Trinajstić information content (AvgIpc) is 2.51. The highest BCUT2D eigenvalue weighted by atomic mass is 35.5. The minimum Gasteiger partial charge on any atom is -0.489 e. The van der Waals surface area contributed by atoms with E-state index in [9.17, 15) is 9.59 Å². The quantitative estimate of drug-likeness (QED) is 0.723. The summed E-state index contributed by atoms with van der Waals surface area (Å²) < 4.78 is 11.3. The van der Waals surface area contributed by atoms with Crippen molar-refractivity contribution in [1.29, 1.82) is 0 Å². The van der Waals surface area contributed by atoms with Gasteiger partial charge in [0.05, 0.1) is 6.42 Å². The Labute approximate surface area is 164 Å². The Morgan fingerprint density at radius 3 is 2.48 bits per heavy atom. The van der Waals surface area contributed by atoms with Crippen LogP contribution in [-0.2, 0) is 27.4 Å². The Hall–Kier alpha value is -2.53. The van der Waals surface area contributed by atoms with Crippen LogP contribution in [0.4, 0.5) is 5.69 Å². The van der Waals surface area contributed by atoms with Gasteiger partial charge in [0.15, 0.2) is 0 Å². The summed E-state index contributed by atoms with van der Waals surface area (Å²) in [5, 5.41) is 3.20. The van der Waals surface area contributed by atoms with Gasteiger partial charge in [0, 0.05) is 23.2 Å². The van der Waals surface area contributed by atoms with Gasteiger partial charge in [-0.15, -0.1) is 0 Å². The fraction of sp³-hybridized carbons (Fsp3) is 0.333. The maximum Gasteiger partial charge on any atom is 0.310 e. The van der Waals surface area contributed by atoms with Gasteiger partial charge >= 0.3 is 5.97 Å². The van der Waals surface area contributed by atoms with Crippen LogP contribution in [0.3, 0.4) is 0 Å². The predicted molar refractivity (Wildman–Crippen MR) is 106 cm³/mol. The van der Waals surface area contributed by atoms with Crippen LogP contribution in [0.25, 0.3) is 0 Å². The lowest BCUT2D eigenvalue weighted by atomic mass is 10.1. The second-order valence-electron chi connectivity index (χ2n) is 7.19. The largest absolute Gasteiger partial charge is 0.489 e. The number of carbonyl (C=O) groups is 2. The molecular weight excluding hydrogens is 366 g/mol. The Balaban J connectivity index is 2.09. The first-order valence-electron chi connectivity index (χ1n) is 8.62. The summed E-state index contributed by atoms with van der Waals surface area (Å²) in [6.07, 6.45) is 0.125. The number of para-hydroxylation sites is 1. The molecule has 0 aromatic heterocycles. The monoisotopic (exact) mass is 389 g/mol. The lowest BCUT2D eigenvalue weighted by molar-refractivity contribution is -0.153. The van der Waals surface area contributed by atoms with E-state index in [1.807, 2.05) is 39.0 Å². The Kier molecular flexibility index (Phi) is 6.86. The normalized spacial score (nSPS) is 11.0. The Bertz CT molecular complexity index is 827. The number of benzene rings is 2. The standard InChI is InChI=1S/C21H24ClNO4/c1-14(24)23-18-10-15(9-17(22)12-18)13-26-19-8-6-5-7-16(19)11-20(25)27-21(2,3)4/h5-10,12H,11,13H2,1-4H3,(H,23,24). The number of hydrogen-bond acceptors (Lipinski definition) is 4. The fourth-order valence-electron chi connectivity index (χ4n) is 2.49. The molecule has 27 heavy (non-hydrogen) atoms. The van der Waals surface area contributed by atoms with Crippen molar-refractivity contribution in [2.24, 2.45) is 0 Å². The highest BCUT2D eigenvalue weighted by Crippen LogP contribution is 2.24. The van der Waals surface area contributed by atoms with Crippen LogP contribution in [0.5, 0.6) is 5.75 Å². The summed E-state index contributed by atoms with van der Waals surface area (Å²) in [5.74, 6) is 0.116. The van der Waals surface area contributed by atoms with Gasteiger partial charge in [-0.25, -0.2) is 0 Å². The molecule has 0 atom stereocenters. The van der Waals surface area contributed by atoms with Gasteiger partial charge < -0.3 is 14.8 Å². The SMILES string of the molecule is CC(=O)Nc1cc(Cl)cc(COc2ccccc2CC(=O)OC(C)(C)C)c1. The summed E-state index contributed by atoms with van der Waals surface area (Å²) in [4.78, 5) is 23.3. The number of nitrogens with one attached hydrogen (secondary N) is 1. The van der Waals surface area contributed by atoms with Crippen LogP contribution >= 0.6 is 11.6 Å². The maximum atomic E-state index is 12.1. The van der Waals surface area contributed by atoms with Crippen LogP contribution in [0, 0.1) is 0 Å². The third-order valence-corrected chi connectivity index (χ3v) is 3.62. The summed E-state index contributed by atoms with van der Waals surface area (Å²) in [6, 6.07) is 12.6. The average molecular weight is 390 g/mol. The number of hydrogen-bond donors (Lipinski definition) is 1. The van der Waals surface area contributed by atoms with Crippen molar-refractivity contribution in [2.75, 3.05) is 5.32 Å². The van der Waals surface area contributed by atoms with E-state index in [2.05, 4.69) is 5.32 Å². The van der Waals surface area contributed by atoms with Crippen LogP contribution in [0.1, 0.15) is 38.8 Å². The summed E-state index contributed by atoms with van der Waals surface area (Å²) in [7, 11) is 0. The fourth-order valence-corrected chi connectivity index (χ4v) is 2.75. The van der Waals surface area contributed by atoms with Gasteiger partial charge in [-0.3, -0.25) is 9.59 Å². The molecule has 1 N–H and O–H groups in total. The zero-order valence-corrected chi connectivity index (χ0v) is 16.7. The molecule has 0 saturated heterocycles. The molecule has 0 aliphatic carbocycles. The van der Waals surface area contributed by atoms with E-state index in [0.717, 1.165) is 11.1 Å². The van der Waals surface area contributed by atoms with Crippen LogP contribution in [0.15, 0.2) is 42.5 Å². The summed E-state index contributed by atoms with van der Waals surface area (Å²) in [6.45, 7) is 7.18. The number of ether oxygens (including phenoxy) is 2. The molecular formula is C21H24ClNO4. The Morgan fingerprint density at radius 2 is 1.81 bits per heavy atom. The molecule has 0 fully saturated rings. The number of amides is 1. The van der Waals surface area contributed by atoms with E-state index in [4.69, 9.17) is 21.1 Å². The Morgan fingerprint density at radius 1 is 1.11 bits per heavy atom. The number of anilines is 1. The zero-order chi connectivity index (χ0) is 20.0. The number of rotatable bonds is 6. The zero-order valence-electron chi connectivity index (χ0n) is 16.0. The van der Waals surface area contributed by atoms with Gasteiger partial charge in [-0.1, -0.05) is 29.8 Å². The van der Waals surface area contributed by atoms with E-state index in [1.54, 1.807) is 24.3 Å². The molecule has 0 aliphatic rings. The highest BCUT2D eigenvalue weighted by molar-refractivity contribution is 6.31. The van der Waals surface area contributed by atoms with Crippen molar-refractivity contribution >= 4 is 29.2 Å². The van der Waals surface area contributed by atoms with E-state index in [0.29, 0.717) is 16.5 Å². The van der Waals surface area contributed by atoms with Crippen LogP contribution < -0.4 is 10.1 Å². The lowest BCUT2D eigenvalue weighted by Gasteiger charge is -2.20. The molecule has 0 saturated carbocycles. The van der Waals surface area contributed by atoms with Gasteiger partial charge in [0.1, 0.15) is 18.0 Å². The molecule has 0 unspecified atom stereocenters. The van der Waals surface area contributed by atoms with E-state index in [-0.39, 0.29) is 24.9 Å². The molecule has 0 bridgehead atoms. The van der Waals surface area contributed by atoms with Crippen LogP contribution in [0.2, 0.25) is 5.02 Å². The van der Waals surface area contributed by atoms with Crippen molar-refractivity contribution < 1.29 is 19.1 Å². The predicted octanol–water partition coefficient (Wildman–Crippen LogP) is 4.76. The van der Waals surface area contributed by atoms with Crippen molar-refractivity contribution in [3.05, 3.63) is 58.6 Å². The molecule has 6 heteroatoms. The molecule has 2 aromatic rings. The summed E-state index contributed by atoms with van der Waals surface area (Å²) in [5.41, 5.74) is 1.62. The smallest absolute Gasteiger partial charge is 0.310 e. The van der Waals surface area contributed by atoms with Crippen LogP contribution in [-0.4, -0.2) is 17.5 Å². The maximum absolute atomic E-state index is 12.1. The minimum atomic E-state index is -0.534. The first kappa shape index (κ1) is 20.8. The van der Waals surface area contributed by atoms with Crippen molar-refractivity contribution in [2.45, 2.75) is 46.3 Å². The molecule has 2 aromatic carbocycles. The number of carbonyl (C=O) groups excluding carboxylic acids is 2. The van der Waals surface area contributed by atoms with Crippen molar-refractivity contribution in [3.63, 3.8) is 0 Å². The van der Waals surface area contributed by atoms with Crippen molar-refractivity contribution in [1.82, 2.24) is 0 Å². The first-order valence-corrected chi connectivity index (χ1v) is 9.00. The summed E-state index contributed by atoms with van der Waals surface area (Å²) >= 11 is 6.11. The third-order valence-electron chi connectivity index (χ3n) is 3.40. The van der Waals surface area contributed by atoms with Crippen molar-refractivity contribution in [3.8, 4) is 5.75 Å². The molecule has 0 heterocycles. The van der Waals surface area contributed by atoms with Gasteiger partial charge in [0.2, 0.25) is 5.91 Å². The molecule has 0 radical (unpaired) electrons. The molecule has 2 rings (SSSR count). The molecule has 144 valence electrons. The van der Waals surface area contributed by atoms with Gasteiger partial charge in [-0.2, -0.15) is 0 Å². The minimum absolute atomic E-state index is 0.125. The van der Waals surface area contributed by atoms with E-state index >= 15 is 0 Å². The lowest BCUT2D eigenvalue weighted by Crippen LogP contribution is -2.25. The van der Waals surface area contributed by atoms with E-state index < -0.39 is 5.60 Å². The van der Waals surface area contributed by atoms with Gasteiger partial charge in [0.25, 0.3) is 0 Å². The van der Waals surface area contributed by atoms with Gasteiger partial charge in [-0.05, 0) is 50.6 Å². The molecule has 5 nitrogen and oxygen atoms in total. The van der Waals surface area contributed by atoms with E-state index in [1.165, 1.54) is 6.92 Å². The molecule has 1 amide bonds. The number of esters is 1. The third kappa shape index (κ3) is 7.31. The first-order chi connectivity index (χ1) is 12.6. The second-order valence-corrected chi connectivity index (χ2v) is 7.63. The molecule has 0 aliphatic heterocycles. The molecule has 0 spiro atoms. The second kappa shape index (κ2) is 8.91.